The summed E-state index contributed by atoms with van der Waals surface area (Å²) in [6.45, 7) is 0.634. The van der Waals surface area contributed by atoms with Crippen molar-refractivity contribution in [2.24, 2.45) is 0 Å². The summed E-state index contributed by atoms with van der Waals surface area (Å²) in [5, 5.41) is 11.4. The highest BCUT2D eigenvalue weighted by molar-refractivity contribution is 5.74. The largest absolute Gasteiger partial charge is 0.481 e. The van der Waals surface area contributed by atoms with Crippen LogP contribution < -0.4 is 5.32 Å². The van der Waals surface area contributed by atoms with Gasteiger partial charge in [0.1, 0.15) is 0 Å². The molecule has 0 radical (unpaired) electrons. The first-order valence-electron chi connectivity index (χ1n) is 6.83. The summed E-state index contributed by atoms with van der Waals surface area (Å²) in [5.41, 5.74) is 0. The third kappa shape index (κ3) is 5.38. The van der Waals surface area contributed by atoms with Crippen LogP contribution in [0.15, 0.2) is 0 Å². The van der Waals surface area contributed by atoms with E-state index in [1.165, 1.54) is 12.8 Å². The van der Waals surface area contributed by atoms with Crippen LogP contribution in [-0.2, 0) is 4.79 Å². The molecule has 0 aromatic heterocycles. The average molecular weight is 256 g/mol. The molecule has 1 saturated carbocycles. The minimum atomic E-state index is -0.750. The van der Waals surface area contributed by atoms with Crippen molar-refractivity contribution >= 4 is 12.0 Å². The highest BCUT2D eigenvalue weighted by Crippen LogP contribution is 2.22. The molecule has 0 heterocycles. The Balaban J connectivity index is 2.04. The van der Waals surface area contributed by atoms with Crippen molar-refractivity contribution in [3.63, 3.8) is 0 Å². The summed E-state index contributed by atoms with van der Waals surface area (Å²) < 4.78 is 0. The zero-order chi connectivity index (χ0) is 13.4. The number of unbranched alkanes of at least 4 members (excludes halogenated alkanes) is 2. The Morgan fingerprint density at radius 2 is 1.89 bits per heavy atom. The van der Waals surface area contributed by atoms with Crippen molar-refractivity contribution in [2.75, 3.05) is 13.6 Å². The molecule has 5 nitrogen and oxygen atoms in total. The summed E-state index contributed by atoms with van der Waals surface area (Å²) in [6.07, 6.45) is 7.26. The lowest BCUT2D eigenvalue weighted by molar-refractivity contribution is -0.137. The highest BCUT2D eigenvalue weighted by Gasteiger charge is 2.22. The number of nitrogens with one attached hydrogen (secondary N) is 1. The third-order valence-corrected chi connectivity index (χ3v) is 3.54. The Kier molecular flexibility index (Phi) is 6.54. The molecule has 1 rings (SSSR count). The molecular formula is C13H24N2O3. The quantitative estimate of drug-likeness (QED) is 0.686. The van der Waals surface area contributed by atoms with Crippen LogP contribution in [0.4, 0.5) is 4.79 Å². The third-order valence-electron chi connectivity index (χ3n) is 3.54. The number of hydrogen-bond acceptors (Lipinski definition) is 2. The first-order valence-corrected chi connectivity index (χ1v) is 6.83. The number of amides is 2. The molecule has 18 heavy (non-hydrogen) atoms. The second-order valence-electron chi connectivity index (χ2n) is 4.99. The smallest absolute Gasteiger partial charge is 0.317 e. The van der Waals surface area contributed by atoms with Crippen LogP contribution in [0.3, 0.4) is 0 Å². The van der Waals surface area contributed by atoms with E-state index in [1.807, 2.05) is 11.9 Å². The molecule has 0 aromatic carbocycles. The van der Waals surface area contributed by atoms with Gasteiger partial charge in [-0.25, -0.2) is 4.79 Å². The van der Waals surface area contributed by atoms with Gasteiger partial charge in [-0.15, -0.1) is 0 Å². The molecule has 0 bridgehead atoms. The van der Waals surface area contributed by atoms with Crippen molar-refractivity contribution in [1.29, 1.82) is 0 Å². The number of aliphatic carboxylic acids is 1. The maximum Gasteiger partial charge on any atom is 0.317 e. The van der Waals surface area contributed by atoms with Gasteiger partial charge in [0.05, 0.1) is 0 Å². The average Bonchev–Trinajstić information content (AvgIpc) is 2.85. The Bertz CT molecular complexity index is 275. The minimum absolute atomic E-state index is 0.000125. The van der Waals surface area contributed by atoms with Gasteiger partial charge in [-0.1, -0.05) is 19.3 Å². The molecule has 2 amide bonds. The highest BCUT2D eigenvalue weighted by atomic mass is 16.4. The predicted molar refractivity (Wildman–Crippen MR) is 69.5 cm³/mol. The minimum Gasteiger partial charge on any atom is -0.481 e. The van der Waals surface area contributed by atoms with Crippen molar-refractivity contribution < 1.29 is 14.7 Å². The van der Waals surface area contributed by atoms with E-state index in [0.29, 0.717) is 19.0 Å². The van der Waals surface area contributed by atoms with E-state index in [4.69, 9.17) is 5.11 Å². The summed E-state index contributed by atoms with van der Waals surface area (Å²) in [4.78, 5) is 23.9. The lowest BCUT2D eigenvalue weighted by Crippen LogP contribution is -2.42. The van der Waals surface area contributed by atoms with Crippen LogP contribution >= 0.6 is 0 Å². The monoisotopic (exact) mass is 256 g/mol. The van der Waals surface area contributed by atoms with Crippen LogP contribution in [0.1, 0.15) is 51.4 Å². The molecule has 5 heteroatoms. The fourth-order valence-corrected chi connectivity index (χ4v) is 2.36. The van der Waals surface area contributed by atoms with E-state index in [2.05, 4.69) is 5.32 Å². The molecule has 1 aliphatic carbocycles. The van der Waals surface area contributed by atoms with Crippen LogP contribution in [0.2, 0.25) is 0 Å². The van der Waals surface area contributed by atoms with Gasteiger partial charge < -0.3 is 15.3 Å². The predicted octanol–water partition coefficient (Wildman–Crippen LogP) is 2.22. The molecule has 0 aliphatic heterocycles. The number of carbonyl (C=O) groups excluding carboxylic acids is 1. The van der Waals surface area contributed by atoms with Crippen molar-refractivity contribution in [3.8, 4) is 0 Å². The summed E-state index contributed by atoms with van der Waals surface area (Å²) in [6, 6.07) is 0.400. The summed E-state index contributed by atoms with van der Waals surface area (Å²) >= 11 is 0. The number of carboxylic acids is 1. The lowest BCUT2D eigenvalue weighted by Gasteiger charge is -2.24. The fraction of sp³-hybridized carbons (Fsp3) is 0.846. The lowest BCUT2D eigenvalue weighted by atomic mass is 10.2. The van der Waals surface area contributed by atoms with Gasteiger partial charge in [-0.3, -0.25) is 4.79 Å². The van der Waals surface area contributed by atoms with Crippen molar-refractivity contribution in [1.82, 2.24) is 10.2 Å². The van der Waals surface area contributed by atoms with Gasteiger partial charge >= 0.3 is 12.0 Å². The van der Waals surface area contributed by atoms with Gasteiger partial charge in [0.25, 0.3) is 0 Å². The summed E-state index contributed by atoms with van der Waals surface area (Å²) in [5.74, 6) is -0.750. The molecule has 0 unspecified atom stereocenters. The Morgan fingerprint density at radius 3 is 2.50 bits per heavy atom. The van der Waals surface area contributed by atoms with E-state index >= 15 is 0 Å². The maximum absolute atomic E-state index is 11.8. The van der Waals surface area contributed by atoms with Gasteiger partial charge in [-0.2, -0.15) is 0 Å². The number of rotatable bonds is 7. The van der Waals surface area contributed by atoms with E-state index in [-0.39, 0.29) is 12.5 Å². The zero-order valence-electron chi connectivity index (χ0n) is 11.2. The number of carbonyl (C=O) groups is 2. The topological polar surface area (TPSA) is 69.6 Å². The van der Waals surface area contributed by atoms with E-state index in [0.717, 1.165) is 25.7 Å². The Labute approximate surface area is 109 Å². The standard InChI is InChI=1S/C13H24N2O3/c1-15(11-7-4-5-8-11)13(18)14-10-6-2-3-9-12(16)17/h11H,2-10H2,1H3,(H,14,18)(H,16,17). The van der Waals surface area contributed by atoms with Crippen molar-refractivity contribution in [2.45, 2.75) is 57.4 Å². The normalized spacial score (nSPS) is 15.6. The van der Waals surface area contributed by atoms with Gasteiger partial charge in [-0.05, 0) is 25.7 Å². The Morgan fingerprint density at radius 1 is 1.22 bits per heavy atom. The van der Waals surface area contributed by atoms with Crippen LogP contribution in [0.5, 0.6) is 0 Å². The first-order chi connectivity index (χ1) is 8.61. The fourth-order valence-electron chi connectivity index (χ4n) is 2.36. The van der Waals surface area contributed by atoms with Crippen molar-refractivity contribution in [3.05, 3.63) is 0 Å². The van der Waals surface area contributed by atoms with E-state index in [9.17, 15) is 9.59 Å². The summed E-state index contributed by atoms with van der Waals surface area (Å²) in [7, 11) is 1.86. The van der Waals surface area contributed by atoms with Gasteiger partial charge in [0.15, 0.2) is 0 Å². The van der Waals surface area contributed by atoms with Crippen LogP contribution in [0, 0.1) is 0 Å². The molecular weight excluding hydrogens is 232 g/mol. The molecule has 0 saturated heterocycles. The van der Waals surface area contributed by atoms with Crippen LogP contribution in [-0.4, -0.2) is 41.6 Å². The Hall–Kier alpha value is -1.26. The second kappa shape index (κ2) is 7.95. The zero-order valence-corrected chi connectivity index (χ0v) is 11.2. The molecule has 0 aromatic rings. The SMILES string of the molecule is CN(C(=O)NCCCCCC(=O)O)C1CCCC1. The number of urea groups is 1. The number of hydrogen-bond donors (Lipinski definition) is 2. The van der Waals surface area contributed by atoms with E-state index in [1.54, 1.807) is 0 Å². The van der Waals surface area contributed by atoms with Crippen LogP contribution in [0.25, 0.3) is 0 Å². The molecule has 2 N–H and O–H groups in total. The first kappa shape index (κ1) is 14.8. The molecule has 0 atom stereocenters. The molecule has 1 aliphatic rings. The van der Waals surface area contributed by atoms with E-state index < -0.39 is 5.97 Å². The number of nitrogens with zero attached hydrogens (tertiary/aromatic N) is 1. The van der Waals surface area contributed by atoms with Gasteiger partial charge in [0.2, 0.25) is 0 Å². The molecule has 1 fully saturated rings. The van der Waals surface area contributed by atoms with Gasteiger partial charge in [0, 0.05) is 26.1 Å². The maximum atomic E-state index is 11.8. The number of carboxylic acid groups (broad SMARTS) is 1. The second-order valence-corrected chi connectivity index (χ2v) is 4.99. The molecule has 104 valence electrons. The molecule has 0 spiro atoms.